The first-order valence-corrected chi connectivity index (χ1v) is 7.27. The molecule has 2 saturated carbocycles. The lowest BCUT2D eigenvalue weighted by atomic mass is 9.75. The second-order valence-corrected chi connectivity index (χ2v) is 7.24. The third-order valence-corrected chi connectivity index (χ3v) is 4.96. The zero-order valence-electron chi connectivity index (χ0n) is 12.1. The van der Waals surface area contributed by atoms with E-state index in [0.717, 1.165) is 19.4 Å². The summed E-state index contributed by atoms with van der Waals surface area (Å²) in [5.74, 6) is 0.435. The predicted octanol–water partition coefficient (Wildman–Crippen LogP) is 2.52. The highest BCUT2D eigenvalue weighted by Crippen LogP contribution is 2.40. The van der Waals surface area contributed by atoms with E-state index in [2.05, 4.69) is 31.9 Å². The van der Waals surface area contributed by atoms with Gasteiger partial charge in [0.1, 0.15) is 5.54 Å². The summed E-state index contributed by atoms with van der Waals surface area (Å²) in [6, 6.07) is 2.98. The fraction of sp³-hybridized carbons (Fsp3) is 0.933. The molecule has 1 unspecified atom stereocenters. The third-order valence-electron chi connectivity index (χ3n) is 4.96. The van der Waals surface area contributed by atoms with Gasteiger partial charge >= 0.3 is 0 Å². The number of hydrogen-bond acceptors (Lipinski definition) is 3. The molecule has 0 aliphatic heterocycles. The lowest BCUT2D eigenvalue weighted by Crippen LogP contribution is -2.53. The number of rotatable bonds is 4. The molecule has 3 heteroatoms. The topological polar surface area (TPSA) is 53.0 Å². The van der Waals surface area contributed by atoms with Gasteiger partial charge in [-0.3, -0.25) is 0 Å². The van der Waals surface area contributed by atoms with Gasteiger partial charge in [0.15, 0.2) is 0 Å². The van der Waals surface area contributed by atoms with Crippen LogP contribution in [0.3, 0.4) is 0 Å². The maximum absolute atomic E-state index is 9.32. The highest BCUT2D eigenvalue weighted by Gasteiger charge is 2.44. The minimum Gasteiger partial charge on any atom is -0.312 e. The molecule has 102 valence electrons. The van der Waals surface area contributed by atoms with E-state index in [9.17, 15) is 5.26 Å². The number of nitriles is 1. The van der Waals surface area contributed by atoms with Gasteiger partial charge in [0.2, 0.25) is 0 Å². The van der Waals surface area contributed by atoms with Gasteiger partial charge in [-0.15, -0.1) is 0 Å². The Labute approximate surface area is 111 Å². The van der Waals surface area contributed by atoms with Gasteiger partial charge in [-0.05, 0) is 56.9 Å². The molecule has 2 aliphatic carbocycles. The average molecular weight is 249 g/mol. The van der Waals surface area contributed by atoms with Crippen LogP contribution in [-0.2, 0) is 0 Å². The van der Waals surface area contributed by atoms with Crippen molar-refractivity contribution in [3.8, 4) is 6.07 Å². The summed E-state index contributed by atoms with van der Waals surface area (Å²) in [4.78, 5) is 2.34. The number of nitrogens with zero attached hydrogens (tertiary/aromatic N) is 2. The van der Waals surface area contributed by atoms with Crippen molar-refractivity contribution in [2.24, 2.45) is 17.1 Å². The second kappa shape index (κ2) is 4.83. The van der Waals surface area contributed by atoms with E-state index in [0.29, 0.717) is 17.4 Å². The van der Waals surface area contributed by atoms with Crippen LogP contribution in [0.5, 0.6) is 0 Å². The molecule has 0 aromatic rings. The molecule has 0 amide bonds. The Kier molecular flexibility index (Phi) is 3.71. The minimum absolute atomic E-state index is 0.435. The average Bonchev–Trinajstić information content (AvgIpc) is 3.12. The summed E-state index contributed by atoms with van der Waals surface area (Å²) >= 11 is 0. The molecule has 2 aliphatic rings. The van der Waals surface area contributed by atoms with Crippen molar-refractivity contribution < 1.29 is 0 Å². The number of likely N-dealkylation sites (N-methyl/N-ethyl adjacent to an activating group) is 1. The molecule has 1 atom stereocenters. The van der Waals surface area contributed by atoms with E-state index in [1.807, 2.05) is 0 Å². The zero-order chi connectivity index (χ0) is 13.4. The molecule has 0 heterocycles. The molecule has 0 aromatic heterocycles. The Hall–Kier alpha value is -0.590. The molecule has 0 spiro atoms. The Morgan fingerprint density at radius 3 is 2.28 bits per heavy atom. The van der Waals surface area contributed by atoms with Gasteiger partial charge in [0.25, 0.3) is 0 Å². The van der Waals surface area contributed by atoms with Crippen LogP contribution in [0.25, 0.3) is 0 Å². The van der Waals surface area contributed by atoms with Gasteiger partial charge in [0.05, 0.1) is 6.07 Å². The Morgan fingerprint density at radius 1 is 1.28 bits per heavy atom. The first kappa shape index (κ1) is 13.8. The molecule has 3 nitrogen and oxygen atoms in total. The van der Waals surface area contributed by atoms with Crippen molar-refractivity contribution in [2.45, 2.75) is 64.0 Å². The second-order valence-electron chi connectivity index (χ2n) is 7.24. The molecule has 0 radical (unpaired) electrons. The van der Waals surface area contributed by atoms with Crippen LogP contribution in [-0.4, -0.2) is 30.1 Å². The summed E-state index contributed by atoms with van der Waals surface area (Å²) in [6.07, 6.45) is 7.33. The highest BCUT2D eigenvalue weighted by molar-refractivity contribution is 5.14. The summed E-state index contributed by atoms with van der Waals surface area (Å²) < 4.78 is 0. The van der Waals surface area contributed by atoms with Crippen LogP contribution in [0.4, 0.5) is 0 Å². The van der Waals surface area contributed by atoms with Crippen LogP contribution in [0, 0.1) is 22.7 Å². The van der Waals surface area contributed by atoms with E-state index in [4.69, 9.17) is 5.73 Å². The molecule has 0 saturated heterocycles. The minimum atomic E-state index is -0.609. The molecule has 2 N–H and O–H groups in total. The normalized spacial score (nSPS) is 27.8. The molecule has 0 aromatic carbocycles. The number of hydrogen-bond donors (Lipinski definition) is 1. The lowest BCUT2D eigenvalue weighted by Gasteiger charge is -2.40. The van der Waals surface area contributed by atoms with Crippen molar-refractivity contribution in [3.63, 3.8) is 0 Å². The monoisotopic (exact) mass is 249 g/mol. The van der Waals surface area contributed by atoms with Crippen molar-refractivity contribution in [3.05, 3.63) is 0 Å². The van der Waals surface area contributed by atoms with Crippen LogP contribution in [0.1, 0.15) is 52.4 Å². The molecular formula is C15H27N3. The van der Waals surface area contributed by atoms with Crippen LogP contribution >= 0.6 is 0 Å². The van der Waals surface area contributed by atoms with Crippen molar-refractivity contribution in [1.29, 1.82) is 5.26 Å². The summed E-state index contributed by atoms with van der Waals surface area (Å²) in [6.45, 7) is 5.45. The maximum Gasteiger partial charge on any atom is 0.119 e. The third kappa shape index (κ3) is 3.05. The van der Waals surface area contributed by atoms with Crippen LogP contribution in [0.15, 0.2) is 0 Å². The van der Waals surface area contributed by atoms with Gasteiger partial charge in [-0.1, -0.05) is 13.8 Å². The van der Waals surface area contributed by atoms with E-state index in [1.54, 1.807) is 0 Å². The molecule has 0 bridgehead atoms. The Balaban J connectivity index is 1.88. The lowest BCUT2D eigenvalue weighted by molar-refractivity contribution is 0.112. The first-order valence-electron chi connectivity index (χ1n) is 7.27. The Morgan fingerprint density at radius 2 is 1.83 bits per heavy atom. The van der Waals surface area contributed by atoms with Crippen molar-refractivity contribution >= 4 is 0 Å². The summed E-state index contributed by atoms with van der Waals surface area (Å²) in [7, 11) is 2.14. The molecule has 2 rings (SSSR count). The Bertz CT molecular complexity index is 330. The molecule has 18 heavy (non-hydrogen) atoms. The van der Waals surface area contributed by atoms with Gasteiger partial charge < -0.3 is 10.6 Å². The maximum atomic E-state index is 9.32. The quantitative estimate of drug-likeness (QED) is 0.833. The molecule has 2 fully saturated rings. The fourth-order valence-electron chi connectivity index (χ4n) is 3.22. The van der Waals surface area contributed by atoms with E-state index < -0.39 is 5.54 Å². The van der Waals surface area contributed by atoms with Crippen molar-refractivity contribution in [2.75, 3.05) is 13.6 Å². The zero-order valence-corrected chi connectivity index (χ0v) is 12.1. The SMILES string of the molecule is CN(CC(N)(C#N)C1CC1)C1CCC(C)(C)CC1. The van der Waals surface area contributed by atoms with Gasteiger partial charge in [-0.2, -0.15) is 5.26 Å². The van der Waals surface area contributed by atoms with Crippen LogP contribution in [0.2, 0.25) is 0 Å². The van der Waals surface area contributed by atoms with E-state index >= 15 is 0 Å². The van der Waals surface area contributed by atoms with E-state index in [-0.39, 0.29) is 0 Å². The van der Waals surface area contributed by atoms with E-state index in [1.165, 1.54) is 25.7 Å². The smallest absolute Gasteiger partial charge is 0.119 e. The van der Waals surface area contributed by atoms with Gasteiger partial charge in [0, 0.05) is 12.6 Å². The summed E-state index contributed by atoms with van der Waals surface area (Å²) in [5, 5.41) is 9.32. The first-order chi connectivity index (χ1) is 8.36. The van der Waals surface area contributed by atoms with Crippen LogP contribution < -0.4 is 5.73 Å². The standard InChI is InChI=1S/C15H27N3/c1-14(2)8-6-13(7-9-14)18(3)11-15(17,10-16)12-4-5-12/h12-13H,4-9,11,17H2,1-3H3. The largest absolute Gasteiger partial charge is 0.312 e. The van der Waals surface area contributed by atoms with Gasteiger partial charge in [-0.25, -0.2) is 0 Å². The predicted molar refractivity (Wildman–Crippen MR) is 73.9 cm³/mol. The fourth-order valence-corrected chi connectivity index (χ4v) is 3.22. The summed E-state index contributed by atoms with van der Waals surface area (Å²) in [5.41, 5.74) is 6.15. The number of nitrogens with two attached hydrogens (primary N) is 1. The highest BCUT2D eigenvalue weighted by atomic mass is 15.2. The molecular weight excluding hydrogens is 222 g/mol. The van der Waals surface area contributed by atoms with Crippen molar-refractivity contribution in [1.82, 2.24) is 4.90 Å².